The SMILES string of the molecule is CC[Si](CC)(CC)O[C@@H]1CC2=CC=C3[C@@H]4CC[C@H]([C@H](C)COS(=O)(=O)c5ccc(C)cc5)[C@@]4(C)CC[C@@H]3[C@@]2(C)[C@@H](O)C1. The average Bonchev–Trinajstić information content (AvgIpc) is 3.33. The highest BCUT2D eigenvalue weighted by atomic mass is 32.2. The summed E-state index contributed by atoms with van der Waals surface area (Å²) in [6, 6.07) is 10.3. The highest BCUT2D eigenvalue weighted by molar-refractivity contribution is 7.86. The molecule has 5 rings (SSSR count). The van der Waals surface area contributed by atoms with Crippen molar-refractivity contribution in [1.29, 1.82) is 0 Å². The van der Waals surface area contributed by atoms with Gasteiger partial charge in [0.2, 0.25) is 0 Å². The van der Waals surface area contributed by atoms with E-state index in [-0.39, 0.29) is 34.4 Å². The Labute approximate surface area is 256 Å². The molecule has 1 aromatic rings. The minimum Gasteiger partial charge on any atom is -0.414 e. The molecule has 5 nitrogen and oxygen atoms in total. The Balaban J connectivity index is 1.32. The lowest BCUT2D eigenvalue weighted by molar-refractivity contribution is -0.0519. The van der Waals surface area contributed by atoms with Gasteiger partial charge in [0, 0.05) is 5.41 Å². The van der Waals surface area contributed by atoms with E-state index in [0.717, 1.165) is 62.2 Å². The fourth-order valence-corrected chi connectivity index (χ4v) is 13.4. The lowest BCUT2D eigenvalue weighted by Crippen LogP contribution is -2.54. The van der Waals surface area contributed by atoms with Crippen molar-refractivity contribution < 1.29 is 22.1 Å². The molecular weight excluding hydrogens is 561 g/mol. The molecule has 0 unspecified atom stereocenters. The third kappa shape index (κ3) is 5.44. The fraction of sp³-hybridized carbons (Fsp3) is 0.714. The Morgan fingerprint density at radius 3 is 2.31 bits per heavy atom. The van der Waals surface area contributed by atoms with Crippen molar-refractivity contribution in [2.75, 3.05) is 6.61 Å². The average molecular weight is 615 g/mol. The van der Waals surface area contributed by atoms with Crippen LogP contribution < -0.4 is 0 Å². The van der Waals surface area contributed by atoms with Crippen LogP contribution in [0, 0.1) is 41.4 Å². The van der Waals surface area contributed by atoms with E-state index in [2.05, 4.69) is 53.7 Å². The maximum Gasteiger partial charge on any atom is 0.296 e. The maximum atomic E-state index is 12.9. The molecule has 3 fully saturated rings. The van der Waals surface area contributed by atoms with Gasteiger partial charge < -0.3 is 9.53 Å². The molecule has 0 spiro atoms. The van der Waals surface area contributed by atoms with E-state index in [1.807, 2.05) is 19.1 Å². The second-order valence-corrected chi connectivity index (χ2v) is 20.8. The molecule has 0 radical (unpaired) electrons. The number of fused-ring (bicyclic) bond motifs is 5. The van der Waals surface area contributed by atoms with Gasteiger partial charge in [0.15, 0.2) is 8.32 Å². The summed E-state index contributed by atoms with van der Waals surface area (Å²) in [6.45, 7) is 15.9. The predicted octanol–water partition coefficient (Wildman–Crippen LogP) is 8.20. The van der Waals surface area contributed by atoms with Gasteiger partial charge in [-0.05, 0) is 105 Å². The highest BCUT2D eigenvalue weighted by Gasteiger charge is 2.59. The number of hydrogen-bond donors (Lipinski definition) is 1. The van der Waals surface area contributed by atoms with E-state index in [9.17, 15) is 13.5 Å². The smallest absolute Gasteiger partial charge is 0.296 e. The van der Waals surface area contributed by atoms with Crippen molar-refractivity contribution >= 4 is 18.4 Å². The zero-order valence-electron chi connectivity index (χ0n) is 27.0. The summed E-state index contributed by atoms with van der Waals surface area (Å²) in [5.41, 5.74) is 3.82. The van der Waals surface area contributed by atoms with Gasteiger partial charge in [-0.3, -0.25) is 4.18 Å². The van der Waals surface area contributed by atoms with E-state index in [1.54, 1.807) is 12.1 Å². The summed E-state index contributed by atoms with van der Waals surface area (Å²) < 4.78 is 38.3. The maximum absolute atomic E-state index is 12.9. The molecule has 7 heteroatoms. The molecule has 42 heavy (non-hydrogen) atoms. The van der Waals surface area contributed by atoms with Crippen LogP contribution >= 0.6 is 0 Å². The zero-order valence-corrected chi connectivity index (χ0v) is 28.8. The van der Waals surface area contributed by atoms with Gasteiger partial charge in [-0.15, -0.1) is 0 Å². The number of aliphatic hydroxyl groups is 1. The molecule has 3 saturated carbocycles. The minimum atomic E-state index is -3.77. The zero-order chi connectivity index (χ0) is 30.5. The molecule has 0 aliphatic heterocycles. The predicted molar refractivity (Wildman–Crippen MR) is 172 cm³/mol. The first kappa shape index (κ1) is 32.1. The lowest BCUT2D eigenvalue weighted by Gasteiger charge is -2.57. The third-order valence-electron chi connectivity index (χ3n) is 12.5. The molecule has 234 valence electrons. The van der Waals surface area contributed by atoms with Crippen LogP contribution in [0.3, 0.4) is 0 Å². The van der Waals surface area contributed by atoms with Gasteiger partial charge in [-0.2, -0.15) is 8.42 Å². The van der Waals surface area contributed by atoms with Crippen molar-refractivity contribution in [3.05, 3.63) is 53.1 Å². The van der Waals surface area contributed by atoms with Crippen LogP contribution in [0.25, 0.3) is 0 Å². The van der Waals surface area contributed by atoms with Gasteiger partial charge >= 0.3 is 0 Å². The van der Waals surface area contributed by atoms with Crippen LogP contribution in [-0.4, -0.2) is 40.7 Å². The summed E-state index contributed by atoms with van der Waals surface area (Å²) in [6.07, 6.45) is 10.5. The summed E-state index contributed by atoms with van der Waals surface area (Å²) >= 11 is 0. The van der Waals surface area contributed by atoms with Crippen molar-refractivity contribution in [3.8, 4) is 0 Å². The highest BCUT2D eigenvalue weighted by Crippen LogP contribution is 2.66. The van der Waals surface area contributed by atoms with E-state index in [4.69, 9.17) is 8.61 Å². The molecule has 4 aliphatic carbocycles. The number of rotatable bonds is 10. The normalized spacial score (nSPS) is 35.5. The van der Waals surface area contributed by atoms with Gasteiger partial charge in [0.25, 0.3) is 10.1 Å². The van der Waals surface area contributed by atoms with Crippen LogP contribution in [-0.2, 0) is 18.7 Å². The second kappa shape index (κ2) is 11.9. The molecule has 0 amide bonds. The third-order valence-corrected chi connectivity index (χ3v) is 18.5. The first-order valence-electron chi connectivity index (χ1n) is 16.6. The molecule has 1 N–H and O–H groups in total. The molecule has 0 bridgehead atoms. The van der Waals surface area contributed by atoms with Crippen LogP contribution in [0.4, 0.5) is 0 Å². The number of benzene rings is 1. The first-order chi connectivity index (χ1) is 19.8. The lowest BCUT2D eigenvalue weighted by atomic mass is 9.49. The van der Waals surface area contributed by atoms with Crippen molar-refractivity contribution in [3.63, 3.8) is 0 Å². The standard InChI is InChI=1S/C35H54O5SSi/c1-8-42(9-2,10-3)40-27-21-26-13-16-29-31-18-17-30(34(31,6)20-19-32(29)35(26,7)33(36)22-27)25(5)23-39-41(37,38)28-14-11-24(4)12-15-28/h11-16,25,27,30-33,36H,8-10,17-23H2,1-7H3/t25-,27-,30-,31+,32+,33+,34-,35+/m1/s1. The van der Waals surface area contributed by atoms with Crippen LogP contribution in [0.15, 0.2) is 52.5 Å². The van der Waals surface area contributed by atoms with Crippen molar-refractivity contribution in [2.24, 2.45) is 34.5 Å². The molecule has 1 aromatic carbocycles. The Bertz CT molecular complexity index is 1290. The Morgan fingerprint density at radius 2 is 1.67 bits per heavy atom. The van der Waals surface area contributed by atoms with Crippen LogP contribution in [0.5, 0.6) is 0 Å². The molecule has 0 heterocycles. The summed E-state index contributed by atoms with van der Waals surface area (Å²) in [4.78, 5) is 0.227. The van der Waals surface area contributed by atoms with E-state index >= 15 is 0 Å². The van der Waals surface area contributed by atoms with Gasteiger partial charge in [0.1, 0.15) is 0 Å². The topological polar surface area (TPSA) is 72.8 Å². The Morgan fingerprint density at radius 1 is 1.00 bits per heavy atom. The first-order valence-corrected chi connectivity index (χ1v) is 20.5. The van der Waals surface area contributed by atoms with Gasteiger partial charge in [-0.25, -0.2) is 0 Å². The summed E-state index contributed by atoms with van der Waals surface area (Å²) in [5.74, 6) is 1.37. The summed E-state index contributed by atoms with van der Waals surface area (Å²) in [5, 5.41) is 11.8. The van der Waals surface area contributed by atoms with E-state index < -0.39 is 24.5 Å². The number of aryl methyl sites for hydroxylation is 1. The monoisotopic (exact) mass is 614 g/mol. The molecule has 4 aliphatic rings. The Hall–Kier alpha value is -1.25. The molecular formula is C35H54O5SSi. The van der Waals surface area contributed by atoms with Gasteiger partial charge in [-0.1, -0.05) is 82.5 Å². The van der Waals surface area contributed by atoms with Crippen molar-refractivity contribution in [1.82, 2.24) is 0 Å². The molecule has 0 aromatic heterocycles. The number of aliphatic hydroxyl groups excluding tert-OH is 1. The van der Waals surface area contributed by atoms with Crippen LogP contribution in [0.1, 0.15) is 85.6 Å². The molecule has 8 atom stereocenters. The van der Waals surface area contributed by atoms with E-state index in [0.29, 0.717) is 17.8 Å². The number of allylic oxidation sites excluding steroid dienone is 3. The summed E-state index contributed by atoms with van der Waals surface area (Å²) in [7, 11) is -5.51. The van der Waals surface area contributed by atoms with Crippen LogP contribution in [0.2, 0.25) is 18.1 Å². The fourth-order valence-electron chi connectivity index (χ4n) is 9.54. The number of hydrogen-bond acceptors (Lipinski definition) is 5. The second-order valence-electron chi connectivity index (χ2n) is 14.4. The molecule has 0 saturated heterocycles. The Kier molecular flexibility index (Phi) is 9.13. The van der Waals surface area contributed by atoms with E-state index in [1.165, 1.54) is 11.1 Å². The van der Waals surface area contributed by atoms with Gasteiger partial charge in [0.05, 0.1) is 23.7 Å². The minimum absolute atomic E-state index is 0.111. The largest absolute Gasteiger partial charge is 0.414 e. The quantitative estimate of drug-likeness (QED) is 0.212. The van der Waals surface area contributed by atoms with Crippen molar-refractivity contribution in [2.45, 2.75) is 122 Å².